The number of aromatic nitrogens is 4. The fourth-order valence-electron chi connectivity index (χ4n) is 1.20. The molecule has 0 bridgehead atoms. The minimum atomic E-state index is 0.605. The van der Waals surface area contributed by atoms with Gasteiger partial charge >= 0.3 is 0 Å². The van der Waals surface area contributed by atoms with E-state index in [2.05, 4.69) is 25.3 Å². The van der Waals surface area contributed by atoms with Crippen LogP contribution in [0.15, 0.2) is 37.2 Å². The van der Waals surface area contributed by atoms with E-state index in [1.54, 1.807) is 6.20 Å². The fraction of sp³-hybridized carbons (Fsp3) is 0.200. The third kappa shape index (κ3) is 2.98. The second-order valence-electron chi connectivity index (χ2n) is 3.00. The van der Waals surface area contributed by atoms with E-state index in [0.29, 0.717) is 5.95 Å². The van der Waals surface area contributed by atoms with Crippen LogP contribution in [0, 0.1) is 0 Å². The lowest BCUT2D eigenvalue weighted by molar-refractivity contribution is 0.956. The lowest BCUT2D eigenvalue weighted by Gasteiger charge is -2.02. The van der Waals surface area contributed by atoms with Gasteiger partial charge in [-0.25, -0.2) is 15.0 Å². The second kappa shape index (κ2) is 4.99. The molecule has 0 aliphatic rings. The highest BCUT2D eigenvalue weighted by Crippen LogP contribution is 1.98. The Morgan fingerprint density at radius 2 is 2.00 bits per heavy atom. The summed E-state index contributed by atoms with van der Waals surface area (Å²) in [6.07, 6.45) is 7.47. The highest BCUT2D eigenvalue weighted by molar-refractivity contribution is 5.21. The molecule has 2 rings (SSSR count). The molecule has 2 heterocycles. The van der Waals surface area contributed by atoms with E-state index >= 15 is 0 Å². The molecule has 2 aromatic rings. The van der Waals surface area contributed by atoms with E-state index in [9.17, 15) is 0 Å². The van der Waals surface area contributed by atoms with Gasteiger partial charge in [-0.3, -0.25) is 4.98 Å². The van der Waals surface area contributed by atoms with E-state index in [1.807, 2.05) is 18.3 Å². The molecule has 0 atom stereocenters. The molecule has 76 valence electrons. The zero-order valence-corrected chi connectivity index (χ0v) is 8.17. The largest absolute Gasteiger partial charge is 0.354 e. The number of nitrogens with one attached hydrogen (secondary N) is 1. The summed E-state index contributed by atoms with van der Waals surface area (Å²) in [7, 11) is 0. The van der Waals surface area contributed by atoms with Crippen LogP contribution in [0.4, 0.5) is 5.95 Å². The molecule has 2 aromatic heterocycles. The zero-order valence-electron chi connectivity index (χ0n) is 8.17. The van der Waals surface area contributed by atoms with E-state index in [1.165, 1.54) is 18.2 Å². The Bertz CT molecular complexity index is 350. The Kier molecular flexibility index (Phi) is 3.17. The van der Waals surface area contributed by atoms with Gasteiger partial charge in [0.1, 0.15) is 12.7 Å². The summed E-state index contributed by atoms with van der Waals surface area (Å²) in [5.74, 6) is 0.605. The zero-order chi connectivity index (χ0) is 10.3. The van der Waals surface area contributed by atoms with Crippen molar-refractivity contribution in [2.24, 2.45) is 0 Å². The number of anilines is 1. The summed E-state index contributed by atoms with van der Waals surface area (Å²) >= 11 is 0. The Morgan fingerprint density at radius 1 is 1.13 bits per heavy atom. The summed E-state index contributed by atoms with van der Waals surface area (Å²) in [5, 5.41) is 3.10. The second-order valence-corrected chi connectivity index (χ2v) is 3.00. The molecule has 0 spiro atoms. The Hall–Kier alpha value is -2.04. The first kappa shape index (κ1) is 9.51. The summed E-state index contributed by atoms with van der Waals surface area (Å²) in [6, 6.07) is 3.97. The molecule has 5 heteroatoms. The van der Waals surface area contributed by atoms with Gasteiger partial charge in [-0.05, 0) is 18.1 Å². The third-order valence-electron chi connectivity index (χ3n) is 1.91. The third-order valence-corrected chi connectivity index (χ3v) is 1.91. The van der Waals surface area contributed by atoms with Crippen molar-refractivity contribution in [3.05, 3.63) is 42.7 Å². The molecular formula is C10H11N5. The van der Waals surface area contributed by atoms with Crippen LogP contribution in [-0.4, -0.2) is 26.5 Å². The van der Waals surface area contributed by atoms with Gasteiger partial charge in [-0.15, -0.1) is 0 Å². The molecule has 0 aliphatic carbocycles. The number of rotatable bonds is 4. The lowest BCUT2D eigenvalue weighted by atomic mass is 10.2. The van der Waals surface area contributed by atoms with Gasteiger partial charge in [0.05, 0.1) is 0 Å². The first-order valence-corrected chi connectivity index (χ1v) is 4.70. The molecule has 0 fully saturated rings. The van der Waals surface area contributed by atoms with Gasteiger partial charge in [-0.2, -0.15) is 0 Å². The van der Waals surface area contributed by atoms with Gasteiger partial charge in [0.15, 0.2) is 0 Å². The predicted molar refractivity (Wildman–Crippen MR) is 56.3 cm³/mol. The fourth-order valence-corrected chi connectivity index (χ4v) is 1.20. The van der Waals surface area contributed by atoms with Crippen molar-refractivity contribution in [2.45, 2.75) is 6.42 Å². The summed E-state index contributed by atoms with van der Waals surface area (Å²) < 4.78 is 0. The van der Waals surface area contributed by atoms with Gasteiger partial charge in [-0.1, -0.05) is 6.07 Å². The number of pyridine rings is 1. The average molecular weight is 201 g/mol. The van der Waals surface area contributed by atoms with E-state index in [4.69, 9.17) is 0 Å². The van der Waals surface area contributed by atoms with Gasteiger partial charge < -0.3 is 5.32 Å². The summed E-state index contributed by atoms with van der Waals surface area (Å²) in [4.78, 5) is 15.7. The highest BCUT2D eigenvalue weighted by Gasteiger charge is 1.94. The molecule has 1 N–H and O–H groups in total. The SMILES string of the molecule is c1cncc(CCNc2ncncn2)c1. The van der Waals surface area contributed by atoms with Crippen molar-refractivity contribution < 1.29 is 0 Å². The molecule has 0 aromatic carbocycles. The van der Waals surface area contributed by atoms with Crippen LogP contribution >= 0.6 is 0 Å². The number of hydrogen-bond donors (Lipinski definition) is 1. The minimum Gasteiger partial charge on any atom is -0.354 e. The molecule has 5 nitrogen and oxygen atoms in total. The maximum absolute atomic E-state index is 4.04. The maximum Gasteiger partial charge on any atom is 0.225 e. The Labute approximate surface area is 87.6 Å². The molecule has 0 radical (unpaired) electrons. The topological polar surface area (TPSA) is 63.6 Å². The smallest absolute Gasteiger partial charge is 0.225 e. The maximum atomic E-state index is 4.04. The van der Waals surface area contributed by atoms with Crippen molar-refractivity contribution in [3.8, 4) is 0 Å². The van der Waals surface area contributed by atoms with E-state index < -0.39 is 0 Å². The predicted octanol–water partition coefficient (Wildman–Crippen LogP) is 0.921. The Balaban J connectivity index is 1.81. The summed E-state index contributed by atoms with van der Waals surface area (Å²) in [5.41, 5.74) is 1.19. The normalized spacial score (nSPS) is 9.87. The standard InChI is InChI=1S/C10H11N5/c1-2-9(6-11-4-1)3-5-13-10-14-7-12-8-15-10/h1-2,4,6-8H,3,5H2,(H,12,13,14,15). The van der Waals surface area contributed by atoms with Crippen LogP contribution in [0.5, 0.6) is 0 Å². The minimum absolute atomic E-state index is 0.605. The first-order valence-electron chi connectivity index (χ1n) is 4.70. The quantitative estimate of drug-likeness (QED) is 0.797. The van der Waals surface area contributed by atoms with Crippen molar-refractivity contribution in [2.75, 3.05) is 11.9 Å². The van der Waals surface area contributed by atoms with Gasteiger partial charge in [0, 0.05) is 18.9 Å². The van der Waals surface area contributed by atoms with Crippen molar-refractivity contribution in [3.63, 3.8) is 0 Å². The highest BCUT2D eigenvalue weighted by atomic mass is 15.1. The molecule has 15 heavy (non-hydrogen) atoms. The summed E-state index contributed by atoms with van der Waals surface area (Å²) in [6.45, 7) is 0.787. The average Bonchev–Trinajstić information content (AvgIpc) is 2.32. The van der Waals surface area contributed by atoms with Crippen molar-refractivity contribution >= 4 is 5.95 Å². The van der Waals surface area contributed by atoms with Crippen LogP contribution in [0.1, 0.15) is 5.56 Å². The van der Waals surface area contributed by atoms with Crippen LogP contribution < -0.4 is 5.32 Å². The molecule has 0 unspecified atom stereocenters. The van der Waals surface area contributed by atoms with Gasteiger partial charge in [0.2, 0.25) is 5.95 Å². The van der Waals surface area contributed by atoms with Gasteiger partial charge in [0.25, 0.3) is 0 Å². The first-order chi connectivity index (χ1) is 7.45. The van der Waals surface area contributed by atoms with Crippen LogP contribution in [-0.2, 0) is 6.42 Å². The lowest BCUT2D eigenvalue weighted by Crippen LogP contribution is -2.07. The molecule has 0 saturated heterocycles. The molecule has 0 saturated carbocycles. The van der Waals surface area contributed by atoms with Crippen LogP contribution in [0.3, 0.4) is 0 Å². The van der Waals surface area contributed by atoms with Crippen LogP contribution in [0.25, 0.3) is 0 Å². The number of nitrogens with zero attached hydrogens (tertiary/aromatic N) is 4. The molecule has 0 aliphatic heterocycles. The van der Waals surface area contributed by atoms with Crippen molar-refractivity contribution in [1.29, 1.82) is 0 Å². The molecule has 0 amide bonds. The van der Waals surface area contributed by atoms with E-state index in [-0.39, 0.29) is 0 Å². The monoisotopic (exact) mass is 201 g/mol. The van der Waals surface area contributed by atoms with Crippen molar-refractivity contribution in [1.82, 2.24) is 19.9 Å². The van der Waals surface area contributed by atoms with Crippen LogP contribution in [0.2, 0.25) is 0 Å². The Morgan fingerprint density at radius 3 is 2.73 bits per heavy atom. The molecular weight excluding hydrogens is 190 g/mol. The number of hydrogen-bond acceptors (Lipinski definition) is 5. The van der Waals surface area contributed by atoms with E-state index in [0.717, 1.165) is 13.0 Å².